The fraction of sp³-hybridized carbons (Fsp3) is 0.167. The van der Waals surface area contributed by atoms with Crippen LogP contribution < -0.4 is 10.5 Å². The molecule has 6 nitrogen and oxygen atoms in total. The van der Waals surface area contributed by atoms with Gasteiger partial charge >= 0.3 is 0 Å². The zero-order valence-corrected chi connectivity index (χ0v) is 13.7. The van der Waals surface area contributed by atoms with Crippen molar-refractivity contribution >= 4 is 53.2 Å². The van der Waals surface area contributed by atoms with Gasteiger partial charge in [-0.05, 0) is 31.5 Å². The minimum absolute atomic E-state index is 0.121. The molecule has 3 N–H and O–H groups in total. The minimum Gasteiger partial charge on any atom is -0.375 e. The lowest BCUT2D eigenvalue weighted by molar-refractivity contribution is 0.602. The molecule has 0 aliphatic rings. The summed E-state index contributed by atoms with van der Waals surface area (Å²) < 4.78 is 28.3. The average Bonchev–Trinajstić information content (AvgIpc) is 2.91. The van der Waals surface area contributed by atoms with Gasteiger partial charge in [0.1, 0.15) is 0 Å². The van der Waals surface area contributed by atoms with E-state index in [2.05, 4.69) is 14.7 Å². The van der Waals surface area contributed by atoms with Crippen LogP contribution in [0.1, 0.15) is 11.3 Å². The highest BCUT2D eigenvalue weighted by atomic mass is 32.2. The predicted octanol–water partition coefficient (Wildman–Crippen LogP) is 2.75. The average molecular weight is 340 g/mol. The van der Waals surface area contributed by atoms with Gasteiger partial charge in [-0.2, -0.15) is 0 Å². The number of nitrogens with two attached hydrogens (primary N) is 1. The largest absolute Gasteiger partial charge is 0.375 e. The molecule has 2 heterocycles. The van der Waals surface area contributed by atoms with Gasteiger partial charge in [-0.25, -0.2) is 18.4 Å². The third-order valence-corrected chi connectivity index (χ3v) is 6.78. The number of nitrogens with one attached hydrogen (secondary N) is 1. The van der Waals surface area contributed by atoms with Crippen molar-refractivity contribution in [2.45, 2.75) is 18.1 Å². The van der Waals surface area contributed by atoms with Crippen molar-refractivity contribution in [3.8, 4) is 0 Å². The fourth-order valence-electron chi connectivity index (χ4n) is 1.89. The molecule has 0 aliphatic carbocycles. The highest BCUT2D eigenvalue weighted by molar-refractivity contribution is 7.95. The highest BCUT2D eigenvalue weighted by Gasteiger charge is 2.22. The molecule has 3 aromatic rings. The van der Waals surface area contributed by atoms with Gasteiger partial charge in [0.15, 0.2) is 14.5 Å². The van der Waals surface area contributed by atoms with Crippen LogP contribution >= 0.6 is 22.7 Å². The molecule has 21 heavy (non-hydrogen) atoms. The zero-order valence-electron chi connectivity index (χ0n) is 11.2. The normalized spacial score (nSPS) is 11.9. The molecular weight excluding hydrogens is 328 g/mol. The maximum absolute atomic E-state index is 12.3. The van der Waals surface area contributed by atoms with Crippen LogP contribution in [0.5, 0.6) is 0 Å². The number of fused-ring (bicyclic) bond motifs is 1. The molecular formula is C12H12N4O2S3. The predicted molar refractivity (Wildman–Crippen MR) is 86.4 cm³/mol. The first kappa shape index (κ1) is 14.2. The summed E-state index contributed by atoms with van der Waals surface area (Å²) in [7, 11) is -3.71. The number of anilines is 2. The molecule has 0 amide bonds. The monoisotopic (exact) mass is 340 g/mol. The second-order valence-corrected chi connectivity index (χ2v) is 8.46. The molecule has 9 heteroatoms. The summed E-state index contributed by atoms with van der Waals surface area (Å²) in [6.07, 6.45) is 0. The van der Waals surface area contributed by atoms with Gasteiger partial charge in [0.25, 0.3) is 10.0 Å². The maximum Gasteiger partial charge on any atom is 0.275 e. The van der Waals surface area contributed by atoms with Crippen molar-refractivity contribution in [1.29, 1.82) is 0 Å². The smallest absolute Gasteiger partial charge is 0.275 e. The minimum atomic E-state index is -3.71. The van der Waals surface area contributed by atoms with Crippen molar-refractivity contribution in [1.82, 2.24) is 9.97 Å². The summed E-state index contributed by atoms with van der Waals surface area (Å²) in [5.41, 5.74) is 7.81. The van der Waals surface area contributed by atoms with Crippen LogP contribution in [0.2, 0.25) is 0 Å². The Bertz CT molecular complexity index is 927. The first-order valence-corrected chi connectivity index (χ1v) is 9.10. The molecule has 0 radical (unpaired) electrons. The van der Waals surface area contributed by atoms with Crippen LogP contribution in [0, 0.1) is 13.8 Å². The van der Waals surface area contributed by atoms with Gasteiger partial charge in [0.05, 0.1) is 15.9 Å². The summed E-state index contributed by atoms with van der Waals surface area (Å²) in [4.78, 5) is 8.22. The van der Waals surface area contributed by atoms with E-state index < -0.39 is 10.0 Å². The van der Waals surface area contributed by atoms with Crippen LogP contribution in [0.3, 0.4) is 0 Å². The Morgan fingerprint density at radius 3 is 2.62 bits per heavy atom. The lowest BCUT2D eigenvalue weighted by Crippen LogP contribution is -2.12. The van der Waals surface area contributed by atoms with E-state index >= 15 is 0 Å². The Morgan fingerprint density at radius 2 is 1.95 bits per heavy atom. The molecule has 2 aromatic heterocycles. The van der Waals surface area contributed by atoms with Gasteiger partial charge in [-0.3, -0.25) is 4.72 Å². The first-order chi connectivity index (χ1) is 9.85. The number of sulfonamides is 1. The lowest BCUT2D eigenvalue weighted by Gasteiger charge is -2.02. The molecule has 0 unspecified atom stereocenters. The third-order valence-electron chi connectivity index (χ3n) is 2.78. The van der Waals surface area contributed by atoms with E-state index in [1.165, 1.54) is 11.3 Å². The molecule has 0 fully saturated rings. The number of nitrogens with zero attached hydrogens (tertiary/aromatic N) is 2. The van der Waals surface area contributed by atoms with Crippen molar-refractivity contribution in [3.05, 3.63) is 29.5 Å². The molecule has 1 aromatic carbocycles. The molecule has 0 saturated heterocycles. The number of rotatable bonds is 3. The summed E-state index contributed by atoms with van der Waals surface area (Å²) in [6.45, 7) is 3.59. The second kappa shape index (κ2) is 4.93. The Morgan fingerprint density at radius 1 is 1.19 bits per heavy atom. The number of nitrogen functional groups attached to an aromatic ring is 1. The quantitative estimate of drug-likeness (QED) is 0.764. The summed E-state index contributed by atoms with van der Waals surface area (Å²) >= 11 is 2.24. The Kier molecular flexibility index (Phi) is 3.34. The third kappa shape index (κ3) is 2.71. The number of aromatic nitrogens is 2. The molecule has 0 bridgehead atoms. The Hall–Kier alpha value is -1.71. The van der Waals surface area contributed by atoms with Crippen molar-refractivity contribution in [2.24, 2.45) is 0 Å². The van der Waals surface area contributed by atoms with Gasteiger partial charge in [0.2, 0.25) is 0 Å². The van der Waals surface area contributed by atoms with Crippen LogP contribution in [-0.4, -0.2) is 18.4 Å². The second-order valence-electron chi connectivity index (χ2n) is 4.52. The summed E-state index contributed by atoms with van der Waals surface area (Å²) in [5, 5.41) is 0.565. The van der Waals surface area contributed by atoms with Crippen LogP contribution in [0.4, 0.5) is 10.3 Å². The van der Waals surface area contributed by atoms with Crippen molar-refractivity contribution < 1.29 is 8.42 Å². The van der Waals surface area contributed by atoms with Gasteiger partial charge in [0, 0.05) is 0 Å². The number of aryl methyl sites for hydroxylation is 2. The van der Waals surface area contributed by atoms with Crippen LogP contribution in [-0.2, 0) is 10.0 Å². The Labute approximate surface area is 129 Å². The van der Waals surface area contributed by atoms with E-state index in [1.54, 1.807) is 6.92 Å². The topological polar surface area (TPSA) is 98.0 Å². The molecule has 0 spiro atoms. The van der Waals surface area contributed by atoms with E-state index in [0.29, 0.717) is 10.8 Å². The van der Waals surface area contributed by atoms with E-state index in [0.717, 1.165) is 27.1 Å². The number of benzene rings is 1. The van der Waals surface area contributed by atoms with E-state index in [9.17, 15) is 8.42 Å². The van der Waals surface area contributed by atoms with Gasteiger partial charge < -0.3 is 5.73 Å². The van der Waals surface area contributed by atoms with Crippen molar-refractivity contribution in [3.63, 3.8) is 0 Å². The van der Waals surface area contributed by atoms with E-state index in [-0.39, 0.29) is 9.34 Å². The fourth-order valence-corrected chi connectivity index (χ4v) is 5.39. The van der Waals surface area contributed by atoms with E-state index in [4.69, 9.17) is 5.73 Å². The van der Waals surface area contributed by atoms with Crippen molar-refractivity contribution in [2.75, 3.05) is 10.5 Å². The number of thiazole rings is 2. The molecule has 0 aliphatic heterocycles. The molecule has 3 rings (SSSR count). The zero-order chi connectivity index (χ0) is 15.2. The SMILES string of the molecule is Cc1ccc2nc(NS(=O)(=O)c3sc(N)nc3C)sc2c1. The molecule has 110 valence electrons. The number of hydrogen-bond acceptors (Lipinski definition) is 7. The highest BCUT2D eigenvalue weighted by Crippen LogP contribution is 2.31. The van der Waals surface area contributed by atoms with Crippen LogP contribution in [0.25, 0.3) is 10.2 Å². The maximum atomic E-state index is 12.3. The van der Waals surface area contributed by atoms with Crippen LogP contribution in [0.15, 0.2) is 22.4 Å². The lowest BCUT2D eigenvalue weighted by atomic mass is 10.2. The standard InChI is InChI=1S/C12H12N4O2S3/c1-6-3-4-8-9(5-6)19-12(15-8)16-21(17,18)10-7(2)14-11(13)20-10/h3-5H,1-2H3,(H2,13,14)(H,15,16). The molecule has 0 atom stereocenters. The van der Waals surface area contributed by atoms with Gasteiger partial charge in [-0.1, -0.05) is 28.7 Å². The summed E-state index contributed by atoms with van der Waals surface area (Å²) in [5.74, 6) is 0. The first-order valence-electron chi connectivity index (χ1n) is 5.98. The molecule has 0 saturated carbocycles. The van der Waals surface area contributed by atoms with E-state index in [1.807, 2.05) is 25.1 Å². The Balaban J connectivity index is 1.99. The summed E-state index contributed by atoms with van der Waals surface area (Å²) in [6, 6.07) is 5.78. The number of hydrogen-bond donors (Lipinski definition) is 2. The van der Waals surface area contributed by atoms with Gasteiger partial charge in [-0.15, -0.1) is 0 Å².